The molecule has 0 atom stereocenters. The van der Waals surface area contributed by atoms with Gasteiger partial charge in [0, 0.05) is 44.8 Å². The maximum Gasteiger partial charge on any atom is 0.0697 e. The van der Waals surface area contributed by atoms with Crippen molar-refractivity contribution >= 4 is 18.1 Å². The van der Waals surface area contributed by atoms with Crippen LogP contribution in [0.1, 0.15) is 11.1 Å². The van der Waals surface area contributed by atoms with E-state index in [1.165, 1.54) is 5.69 Å². The van der Waals surface area contributed by atoms with E-state index in [0.29, 0.717) is 6.54 Å². The predicted molar refractivity (Wildman–Crippen MR) is 108 cm³/mol. The number of nitrogens with zero attached hydrogens (tertiary/aromatic N) is 5. The highest BCUT2D eigenvalue weighted by atomic mass is 15.2. The molecule has 2 rings (SSSR count). The Morgan fingerprint density at radius 3 is 2.40 bits per heavy atom. The molecular formula is C19H28N6. The lowest BCUT2D eigenvalue weighted by Gasteiger charge is -2.12. The van der Waals surface area contributed by atoms with E-state index in [1.54, 1.807) is 17.1 Å². The maximum absolute atomic E-state index is 4.66. The quantitative estimate of drug-likeness (QED) is 0.822. The van der Waals surface area contributed by atoms with Crippen molar-refractivity contribution in [3.8, 4) is 0 Å². The van der Waals surface area contributed by atoms with Crippen LogP contribution < -0.4 is 10.2 Å². The molecule has 2 aromatic rings. The molecule has 1 heterocycles. The molecule has 0 spiro atoms. The second-order valence-electron chi connectivity index (χ2n) is 5.66. The number of anilines is 1. The van der Waals surface area contributed by atoms with Gasteiger partial charge in [0.05, 0.1) is 18.5 Å². The highest BCUT2D eigenvalue weighted by Crippen LogP contribution is 2.13. The number of aliphatic imine (C=N–C) groups is 2. The zero-order valence-electron chi connectivity index (χ0n) is 15.8. The maximum atomic E-state index is 4.66. The molecule has 0 unspecified atom stereocenters. The normalized spacial score (nSPS) is 11.2. The largest absolute Gasteiger partial charge is 0.378 e. The third-order valence-corrected chi connectivity index (χ3v) is 3.22. The standard InChI is InChI=1S/C17H21N5.C2H7N/c1-18-10-9-17(15-12-20-22(4)13-15)19-11-14-5-7-16(8-6-14)21(2)3;1-3-2/h5-10,12-13H,1,11H2,2-4H3;3H,1-2H3/b10-9-,19-17?;. The van der Waals surface area contributed by atoms with Crippen LogP contribution in [0.2, 0.25) is 0 Å². The lowest BCUT2D eigenvalue weighted by molar-refractivity contribution is 0.767. The van der Waals surface area contributed by atoms with Gasteiger partial charge < -0.3 is 10.2 Å². The van der Waals surface area contributed by atoms with Crippen LogP contribution >= 0.6 is 0 Å². The van der Waals surface area contributed by atoms with E-state index in [2.05, 4.69) is 56.3 Å². The lowest BCUT2D eigenvalue weighted by atomic mass is 10.2. The average Bonchev–Trinajstić information content (AvgIpc) is 3.02. The van der Waals surface area contributed by atoms with Crippen molar-refractivity contribution in [2.75, 3.05) is 33.1 Å². The van der Waals surface area contributed by atoms with Gasteiger partial charge in [-0.1, -0.05) is 12.1 Å². The van der Waals surface area contributed by atoms with Crippen LogP contribution in [0.5, 0.6) is 0 Å². The molecule has 6 nitrogen and oxygen atoms in total. The first-order chi connectivity index (χ1) is 12.0. The van der Waals surface area contributed by atoms with Gasteiger partial charge in [-0.05, 0) is 44.6 Å². The molecule has 6 heteroatoms. The Balaban J connectivity index is 0.000000970. The van der Waals surface area contributed by atoms with Gasteiger partial charge in [-0.3, -0.25) is 14.7 Å². The van der Waals surface area contributed by atoms with Crippen LogP contribution in [-0.4, -0.2) is 50.4 Å². The van der Waals surface area contributed by atoms with Gasteiger partial charge in [0.1, 0.15) is 0 Å². The van der Waals surface area contributed by atoms with Gasteiger partial charge >= 0.3 is 0 Å². The summed E-state index contributed by atoms with van der Waals surface area (Å²) in [7, 11) is 9.69. The Kier molecular flexibility index (Phi) is 8.89. The monoisotopic (exact) mass is 340 g/mol. The minimum atomic E-state index is 0.611. The second kappa shape index (κ2) is 10.9. The van der Waals surface area contributed by atoms with Crippen molar-refractivity contribution in [2.24, 2.45) is 17.0 Å². The summed E-state index contributed by atoms with van der Waals surface area (Å²) in [6.45, 7) is 4.07. The number of hydrogen-bond acceptors (Lipinski definition) is 5. The number of aryl methyl sites for hydroxylation is 1. The van der Waals surface area contributed by atoms with Crippen molar-refractivity contribution in [3.63, 3.8) is 0 Å². The van der Waals surface area contributed by atoms with Gasteiger partial charge in [0.15, 0.2) is 0 Å². The summed E-state index contributed by atoms with van der Waals surface area (Å²) < 4.78 is 1.76. The minimum Gasteiger partial charge on any atom is -0.378 e. The van der Waals surface area contributed by atoms with Crippen LogP contribution in [0.4, 0.5) is 5.69 Å². The predicted octanol–water partition coefficient (Wildman–Crippen LogP) is 2.53. The van der Waals surface area contributed by atoms with Gasteiger partial charge in [-0.25, -0.2) is 0 Å². The summed E-state index contributed by atoms with van der Waals surface area (Å²) in [6.07, 6.45) is 7.21. The Hall–Kier alpha value is -2.73. The van der Waals surface area contributed by atoms with E-state index in [0.717, 1.165) is 16.8 Å². The fourth-order valence-corrected chi connectivity index (χ4v) is 1.99. The summed E-state index contributed by atoms with van der Waals surface area (Å²) >= 11 is 0. The average molecular weight is 340 g/mol. The van der Waals surface area contributed by atoms with E-state index < -0.39 is 0 Å². The number of hydrogen-bond donors (Lipinski definition) is 1. The van der Waals surface area contributed by atoms with Gasteiger partial charge in [-0.15, -0.1) is 0 Å². The van der Waals surface area contributed by atoms with Crippen LogP contribution in [0.3, 0.4) is 0 Å². The van der Waals surface area contributed by atoms with Crippen molar-refractivity contribution < 1.29 is 0 Å². The lowest BCUT2D eigenvalue weighted by Crippen LogP contribution is -2.08. The first-order valence-corrected chi connectivity index (χ1v) is 8.02. The van der Waals surface area contributed by atoms with Crippen LogP contribution in [0.15, 0.2) is 58.9 Å². The minimum absolute atomic E-state index is 0.611. The van der Waals surface area contributed by atoms with E-state index in [1.807, 2.05) is 47.5 Å². The van der Waals surface area contributed by atoms with Crippen molar-refractivity contribution in [3.05, 3.63) is 60.1 Å². The zero-order valence-corrected chi connectivity index (χ0v) is 15.8. The molecule has 134 valence electrons. The molecule has 0 bridgehead atoms. The van der Waals surface area contributed by atoms with E-state index >= 15 is 0 Å². The van der Waals surface area contributed by atoms with Crippen LogP contribution in [-0.2, 0) is 13.6 Å². The van der Waals surface area contributed by atoms with Crippen molar-refractivity contribution in [1.82, 2.24) is 15.1 Å². The fraction of sp³-hybridized carbons (Fsp3) is 0.316. The first kappa shape index (κ1) is 20.3. The summed E-state index contributed by atoms with van der Waals surface area (Å²) in [6, 6.07) is 8.37. The number of nitrogens with one attached hydrogen (secondary N) is 1. The number of rotatable bonds is 6. The van der Waals surface area contributed by atoms with Crippen LogP contribution in [0, 0.1) is 0 Å². The Morgan fingerprint density at radius 2 is 1.92 bits per heavy atom. The molecule has 1 N–H and O–H groups in total. The molecule has 0 saturated heterocycles. The molecule has 0 radical (unpaired) electrons. The summed E-state index contributed by atoms with van der Waals surface area (Å²) in [5.74, 6) is 0. The Bertz CT molecular complexity index is 695. The second-order valence-corrected chi connectivity index (χ2v) is 5.66. The van der Waals surface area contributed by atoms with Crippen molar-refractivity contribution in [1.29, 1.82) is 0 Å². The Labute approximate surface area is 150 Å². The van der Waals surface area contributed by atoms with E-state index in [9.17, 15) is 0 Å². The highest BCUT2D eigenvalue weighted by Gasteiger charge is 2.03. The first-order valence-electron chi connectivity index (χ1n) is 8.02. The summed E-state index contributed by atoms with van der Waals surface area (Å²) in [4.78, 5) is 10.5. The topological polar surface area (TPSA) is 57.8 Å². The molecule has 0 aliphatic rings. The molecule has 0 fully saturated rings. The summed E-state index contributed by atoms with van der Waals surface area (Å²) in [5.41, 5.74) is 4.15. The number of benzene rings is 1. The number of allylic oxidation sites excluding steroid dienone is 1. The van der Waals surface area contributed by atoms with E-state index in [-0.39, 0.29) is 0 Å². The molecule has 0 aliphatic carbocycles. The molecular weight excluding hydrogens is 312 g/mol. The molecule has 1 aromatic carbocycles. The third-order valence-electron chi connectivity index (χ3n) is 3.22. The highest BCUT2D eigenvalue weighted by molar-refractivity contribution is 6.08. The smallest absolute Gasteiger partial charge is 0.0697 e. The van der Waals surface area contributed by atoms with Gasteiger partial charge in [0.2, 0.25) is 0 Å². The van der Waals surface area contributed by atoms with Crippen molar-refractivity contribution in [2.45, 2.75) is 6.54 Å². The van der Waals surface area contributed by atoms with Gasteiger partial charge in [0.25, 0.3) is 0 Å². The molecule has 1 aromatic heterocycles. The zero-order chi connectivity index (χ0) is 18.7. The van der Waals surface area contributed by atoms with E-state index in [4.69, 9.17) is 0 Å². The van der Waals surface area contributed by atoms with Crippen LogP contribution in [0.25, 0.3) is 0 Å². The molecule has 25 heavy (non-hydrogen) atoms. The number of aromatic nitrogens is 2. The fourth-order valence-electron chi connectivity index (χ4n) is 1.99. The van der Waals surface area contributed by atoms with Gasteiger partial charge in [-0.2, -0.15) is 5.10 Å². The molecule has 0 aliphatic heterocycles. The molecule has 0 saturated carbocycles. The Morgan fingerprint density at radius 1 is 1.28 bits per heavy atom. The summed E-state index contributed by atoms with van der Waals surface area (Å²) in [5, 5.41) is 6.93. The SMILES string of the molecule is C=N/C=C\C(=NCc1ccc(N(C)C)cc1)c1cnn(C)c1.CNC. The third kappa shape index (κ3) is 7.14. The molecule has 0 amide bonds.